The van der Waals surface area contributed by atoms with Crippen LogP contribution in [-0.4, -0.2) is 24.7 Å². The second kappa shape index (κ2) is 7.58. The van der Waals surface area contributed by atoms with E-state index in [1.54, 1.807) is 18.2 Å². The average molecular weight is 367 g/mol. The van der Waals surface area contributed by atoms with E-state index in [9.17, 15) is 13.2 Å². The number of nitrogens with one attached hydrogen (secondary N) is 2. The van der Waals surface area contributed by atoms with Crippen LogP contribution in [0.2, 0.25) is 0 Å². The number of hydrogen-bond donors (Lipinski definition) is 2. The molecular formula is C16H21N3O3S2. The maximum atomic E-state index is 12.6. The Morgan fingerprint density at radius 3 is 2.42 bits per heavy atom. The molecule has 24 heavy (non-hydrogen) atoms. The van der Waals surface area contributed by atoms with Crippen LogP contribution in [0.4, 0.5) is 0 Å². The third-order valence-electron chi connectivity index (χ3n) is 4.20. The number of nitrogens with zero attached hydrogens (tertiary/aromatic N) is 1. The Morgan fingerprint density at radius 2 is 1.75 bits per heavy atom. The van der Waals surface area contributed by atoms with Crippen molar-refractivity contribution in [2.45, 2.75) is 55.2 Å². The number of H-pyrrole nitrogens is 1. The maximum Gasteiger partial charge on any atom is 0.264 e. The first-order valence-corrected chi connectivity index (χ1v) is 10.5. The van der Waals surface area contributed by atoms with Crippen molar-refractivity contribution in [1.29, 1.82) is 0 Å². The zero-order chi connectivity index (χ0) is 17.0. The monoisotopic (exact) mass is 367 g/mol. The van der Waals surface area contributed by atoms with Gasteiger partial charge in [-0.1, -0.05) is 32.1 Å². The van der Waals surface area contributed by atoms with Crippen molar-refractivity contribution in [3.05, 3.63) is 34.6 Å². The third-order valence-corrected chi connectivity index (χ3v) is 7.32. The molecule has 130 valence electrons. The first kappa shape index (κ1) is 17.3. The molecule has 0 saturated heterocycles. The Bertz CT molecular complexity index is 814. The van der Waals surface area contributed by atoms with Gasteiger partial charge in [0.1, 0.15) is 9.90 Å². The first-order valence-electron chi connectivity index (χ1n) is 8.23. The lowest BCUT2D eigenvalue weighted by molar-refractivity contribution is 0.427. The van der Waals surface area contributed by atoms with Crippen LogP contribution in [0.3, 0.4) is 0 Å². The van der Waals surface area contributed by atoms with Gasteiger partial charge in [-0.25, -0.2) is 18.2 Å². The van der Waals surface area contributed by atoms with E-state index >= 15 is 0 Å². The summed E-state index contributed by atoms with van der Waals surface area (Å²) in [5.41, 5.74) is 0.279. The van der Waals surface area contributed by atoms with Gasteiger partial charge in [-0.05, 0) is 31.0 Å². The van der Waals surface area contributed by atoms with Crippen molar-refractivity contribution in [2.24, 2.45) is 0 Å². The standard InChI is InChI=1S/C16H21N3O3S2/c20-15-10-8-13(17-18-15)14-9-11-16(23-14)24(21,22)19-12-6-4-2-1-3-5-7-12/h8-12,19H,1-7H2,(H,18,20). The predicted molar refractivity (Wildman–Crippen MR) is 94.6 cm³/mol. The van der Waals surface area contributed by atoms with E-state index in [1.165, 1.54) is 25.3 Å². The fourth-order valence-electron chi connectivity index (χ4n) is 2.94. The normalized spacial score (nSPS) is 17.3. The average Bonchev–Trinajstić information content (AvgIpc) is 3.01. The summed E-state index contributed by atoms with van der Waals surface area (Å²) in [6.45, 7) is 0. The van der Waals surface area contributed by atoms with Gasteiger partial charge in [0.15, 0.2) is 0 Å². The number of hydrogen-bond acceptors (Lipinski definition) is 5. The molecule has 2 aromatic heterocycles. The molecule has 1 saturated carbocycles. The molecule has 0 aliphatic heterocycles. The topological polar surface area (TPSA) is 91.9 Å². The summed E-state index contributed by atoms with van der Waals surface area (Å²) in [6, 6.07) is 6.30. The Labute approximate surface area is 145 Å². The van der Waals surface area contributed by atoms with Crippen LogP contribution in [0.15, 0.2) is 33.3 Å². The van der Waals surface area contributed by atoms with E-state index in [2.05, 4.69) is 14.9 Å². The lowest BCUT2D eigenvalue weighted by atomic mass is 9.97. The Hall–Kier alpha value is -1.51. The van der Waals surface area contributed by atoms with Crippen molar-refractivity contribution < 1.29 is 8.42 Å². The van der Waals surface area contributed by atoms with Crippen LogP contribution >= 0.6 is 11.3 Å². The highest BCUT2D eigenvalue weighted by atomic mass is 32.2. The number of rotatable bonds is 4. The van der Waals surface area contributed by atoms with Crippen LogP contribution in [0.25, 0.3) is 10.6 Å². The molecule has 2 N–H and O–H groups in total. The highest BCUT2D eigenvalue weighted by Crippen LogP contribution is 2.29. The van der Waals surface area contributed by atoms with E-state index in [1.807, 2.05) is 0 Å². The van der Waals surface area contributed by atoms with Gasteiger partial charge < -0.3 is 0 Å². The summed E-state index contributed by atoms with van der Waals surface area (Å²) in [5.74, 6) is 0. The number of thiophene rings is 1. The highest BCUT2D eigenvalue weighted by Gasteiger charge is 2.22. The third kappa shape index (κ3) is 4.31. The minimum atomic E-state index is -3.51. The van der Waals surface area contributed by atoms with Crippen LogP contribution in [0.5, 0.6) is 0 Å². The molecule has 1 aliphatic carbocycles. The molecule has 0 bridgehead atoms. The Balaban J connectivity index is 1.75. The summed E-state index contributed by atoms with van der Waals surface area (Å²) in [5, 5.41) is 6.30. The zero-order valence-corrected chi connectivity index (χ0v) is 15.0. The van der Waals surface area contributed by atoms with Gasteiger partial charge in [0.05, 0.1) is 4.88 Å². The molecule has 0 radical (unpaired) electrons. The van der Waals surface area contributed by atoms with Gasteiger partial charge in [0, 0.05) is 12.1 Å². The molecule has 2 heterocycles. The second-order valence-electron chi connectivity index (χ2n) is 6.09. The van der Waals surface area contributed by atoms with Gasteiger partial charge in [-0.3, -0.25) is 4.79 Å². The van der Waals surface area contributed by atoms with Gasteiger partial charge >= 0.3 is 0 Å². The Morgan fingerprint density at radius 1 is 1.04 bits per heavy atom. The summed E-state index contributed by atoms with van der Waals surface area (Å²) < 4.78 is 28.4. The Kier molecular flexibility index (Phi) is 5.47. The van der Waals surface area contributed by atoms with Crippen molar-refractivity contribution >= 4 is 21.4 Å². The lowest BCUT2D eigenvalue weighted by Crippen LogP contribution is -2.34. The van der Waals surface area contributed by atoms with E-state index in [4.69, 9.17) is 0 Å². The van der Waals surface area contributed by atoms with E-state index in [-0.39, 0.29) is 15.8 Å². The molecule has 1 aliphatic rings. The minimum Gasteiger partial charge on any atom is -0.268 e. The molecule has 3 rings (SSSR count). The van der Waals surface area contributed by atoms with Crippen molar-refractivity contribution in [1.82, 2.24) is 14.9 Å². The minimum absolute atomic E-state index is 0.0204. The second-order valence-corrected chi connectivity index (χ2v) is 9.11. The van der Waals surface area contributed by atoms with Crippen molar-refractivity contribution in [2.75, 3.05) is 0 Å². The lowest BCUT2D eigenvalue weighted by Gasteiger charge is -2.20. The summed E-state index contributed by atoms with van der Waals surface area (Å²) in [6.07, 6.45) is 7.56. The van der Waals surface area contributed by atoms with Gasteiger partial charge in [-0.2, -0.15) is 5.10 Å². The molecule has 0 amide bonds. The van der Waals surface area contributed by atoms with Gasteiger partial charge in [0.2, 0.25) is 10.0 Å². The van der Waals surface area contributed by atoms with Crippen LogP contribution < -0.4 is 10.3 Å². The molecule has 0 unspecified atom stereocenters. The SMILES string of the molecule is O=c1ccc(-c2ccc(S(=O)(=O)NC3CCCCCCC3)s2)n[nH]1. The molecule has 1 fully saturated rings. The zero-order valence-electron chi connectivity index (χ0n) is 13.3. The molecule has 0 aromatic carbocycles. The summed E-state index contributed by atoms with van der Waals surface area (Å²) >= 11 is 1.16. The van der Waals surface area contributed by atoms with Crippen molar-refractivity contribution in [3.8, 4) is 10.6 Å². The summed E-state index contributed by atoms with van der Waals surface area (Å²) in [4.78, 5) is 11.8. The molecule has 2 aromatic rings. The molecule has 6 nitrogen and oxygen atoms in total. The fourth-order valence-corrected chi connectivity index (χ4v) is 5.53. The van der Waals surface area contributed by atoms with Crippen molar-refractivity contribution in [3.63, 3.8) is 0 Å². The highest BCUT2D eigenvalue weighted by molar-refractivity contribution is 7.91. The molecule has 0 spiro atoms. The predicted octanol–water partition coefficient (Wildman–Crippen LogP) is 2.89. The molecule has 0 atom stereocenters. The van der Waals surface area contributed by atoms with E-state index in [0.717, 1.165) is 37.0 Å². The largest absolute Gasteiger partial charge is 0.268 e. The van der Waals surface area contributed by atoms with E-state index in [0.29, 0.717) is 10.6 Å². The summed E-state index contributed by atoms with van der Waals surface area (Å²) in [7, 11) is -3.51. The smallest absolute Gasteiger partial charge is 0.264 e. The van der Waals surface area contributed by atoms with Crippen LogP contribution in [-0.2, 0) is 10.0 Å². The van der Waals surface area contributed by atoms with Gasteiger partial charge in [0.25, 0.3) is 5.56 Å². The first-order chi connectivity index (χ1) is 11.5. The maximum absolute atomic E-state index is 12.6. The number of aromatic amines is 1. The molecular weight excluding hydrogens is 346 g/mol. The quantitative estimate of drug-likeness (QED) is 0.869. The number of sulfonamides is 1. The molecule has 8 heteroatoms. The van der Waals surface area contributed by atoms with Crippen LogP contribution in [0.1, 0.15) is 44.9 Å². The van der Waals surface area contributed by atoms with Gasteiger partial charge in [-0.15, -0.1) is 11.3 Å². The fraction of sp³-hybridized carbons (Fsp3) is 0.500. The number of aromatic nitrogens is 2. The van der Waals surface area contributed by atoms with Crippen LogP contribution in [0, 0.1) is 0 Å². The van der Waals surface area contributed by atoms with E-state index < -0.39 is 10.0 Å².